The van der Waals surface area contributed by atoms with Crippen LogP contribution >= 0.6 is 39.1 Å². The summed E-state index contributed by atoms with van der Waals surface area (Å²) in [5.41, 5.74) is 0.922. The number of benzene rings is 1. The van der Waals surface area contributed by atoms with Gasteiger partial charge >= 0.3 is 0 Å². The minimum atomic E-state index is -3.82. The van der Waals surface area contributed by atoms with Crippen molar-refractivity contribution in [1.29, 1.82) is 0 Å². The highest BCUT2D eigenvalue weighted by molar-refractivity contribution is 9.10. The largest absolute Gasteiger partial charge is 0.278 e. The van der Waals surface area contributed by atoms with Gasteiger partial charge in [0.25, 0.3) is 10.0 Å². The van der Waals surface area contributed by atoms with Crippen LogP contribution in [0.25, 0.3) is 0 Å². The van der Waals surface area contributed by atoms with E-state index >= 15 is 0 Å². The first-order chi connectivity index (χ1) is 9.31. The van der Waals surface area contributed by atoms with Gasteiger partial charge in [-0.25, -0.2) is 13.4 Å². The lowest BCUT2D eigenvalue weighted by Crippen LogP contribution is -2.14. The van der Waals surface area contributed by atoms with Gasteiger partial charge in [-0.2, -0.15) is 0 Å². The van der Waals surface area contributed by atoms with E-state index in [-0.39, 0.29) is 14.9 Å². The van der Waals surface area contributed by atoms with E-state index in [2.05, 4.69) is 25.6 Å². The van der Waals surface area contributed by atoms with Crippen molar-refractivity contribution in [2.45, 2.75) is 11.8 Å². The molecule has 1 heterocycles. The molecule has 1 aromatic carbocycles. The van der Waals surface area contributed by atoms with Crippen LogP contribution in [0.5, 0.6) is 0 Å². The average Bonchev–Trinajstić information content (AvgIpc) is 2.36. The van der Waals surface area contributed by atoms with E-state index in [0.717, 1.165) is 0 Å². The number of hydrogen-bond acceptors (Lipinski definition) is 3. The Balaban J connectivity index is 2.44. The van der Waals surface area contributed by atoms with Crippen LogP contribution in [0.2, 0.25) is 10.0 Å². The molecule has 0 saturated carbocycles. The number of halogens is 3. The number of rotatable bonds is 3. The lowest BCUT2D eigenvalue weighted by molar-refractivity contribution is 0.601. The molecule has 0 aliphatic rings. The summed E-state index contributed by atoms with van der Waals surface area (Å²) < 4.78 is 27.7. The summed E-state index contributed by atoms with van der Waals surface area (Å²) in [5, 5.41) is 0.171. The topological polar surface area (TPSA) is 59.1 Å². The molecule has 2 aromatic rings. The van der Waals surface area contributed by atoms with Crippen molar-refractivity contribution in [3.05, 3.63) is 50.7 Å². The zero-order chi connectivity index (χ0) is 14.9. The Morgan fingerprint density at radius 1 is 1.20 bits per heavy atom. The molecule has 1 N–H and O–H groups in total. The maximum atomic E-state index is 12.3. The number of pyridine rings is 1. The van der Waals surface area contributed by atoms with E-state index in [9.17, 15) is 8.42 Å². The molecule has 20 heavy (non-hydrogen) atoms. The third-order valence-corrected chi connectivity index (χ3v) is 5.28. The van der Waals surface area contributed by atoms with Gasteiger partial charge in [-0.15, -0.1) is 0 Å². The fourth-order valence-corrected chi connectivity index (χ4v) is 3.81. The monoisotopic (exact) mass is 394 g/mol. The van der Waals surface area contributed by atoms with Crippen molar-refractivity contribution >= 4 is 54.8 Å². The van der Waals surface area contributed by atoms with Crippen LogP contribution in [0.3, 0.4) is 0 Å². The van der Waals surface area contributed by atoms with Crippen molar-refractivity contribution in [1.82, 2.24) is 4.98 Å². The summed E-state index contributed by atoms with van der Waals surface area (Å²) >= 11 is 15.0. The maximum absolute atomic E-state index is 12.3. The van der Waals surface area contributed by atoms with Gasteiger partial charge in [0.05, 0.1) is 21.4 Å². The van der Waals surface area contributed by atoms with Crippen LogP contribution in [0.4, 0.5) is 5.69 Å². The van der Waals surface area contributed by atoms with Gasteiger partial charge in [-0.05, 0) is 47.1 Å². The van der Waals surface area contributed by atoms with Crippen LogP contribution in [0.1, 0.15) is 5.69 Å². The number of hydrogen-bond donors (Lipinski definition) is 1. The lowest BCUT2D eigenvalue weighted by atomic mass is 10.3. The van der Waals surface area contributed by atoms with Gasteiger partial charge in [0.2, 0.25) is 0 Å². The van der Waals surface area contributed by atoms with Gasteiger partial charge in [0.15, 0.2) is 0 Å². The lowest BCUT2D eigenvalue weighted by Gasteiger charge is -2.11. The summed E-state index contributed by atoms with van der Waals surface area (Å²) in [4.78, 5) is 4.05. The second-order valence-corrected chi connectivity index (χ2v) is 7.17. The first-order valence-electron chi connectivity index (χ1n) is 5.41. The molecule has 0 aliphatic carbocycles. The fourth-order valence-electron chi connectivity index (χ4n) is 1.53. The van der Waals surface area contributed by atoms with Crippen LogP contribution in [0.15, 0.2) is 39.8 Å². The molecule has 2 rings (SSSR count). The zero-order valence-corrected chi connectivity index (χ0v) is 14.1. The van der Waals surface area contributed by atoms with Crippen LogP contribution in [0, 0.1) is 6.92 Å². The van der Waals surface area contributed by atoms with E-state index in [1.54, 1.807) is 19.1 Å². The quantitative estimate of drug-likeness (QED) is 0.789. The Bertz CT molecular complexity index is 766. The summed E-state index contributed by atoms with van der Waals surface area (Å²) in [6.07, 6.45) is 0. The molecule has 0 amide bonds. The molecular weight excluding hydrogens is 387 g/mol. The van der Waals surface area contributed by atoms with Gasteiger partial charge in [0, 0.05) is 0 Å². The molecule has 0 atom stereocenters. The maximum Gasteiger partial charge on any atom is 0.263 e. The minimum absolute atomic E-state index is 0.00982. The SMILES string of the molecule is Cc1nc(Br)ccc1NS(=O)(=O)c1cccc(Cl)c1Cl. The number of aromatic nitrogens is 1. The number of sulfonamides is 1. The molecule has 0 aliphatic heterocycles. The molecule has 0 saturated heterocycles. The van der Waals surface area contributed by atoms with Gasteiger partial charge in [-0.3, -0.25) is 4.72 Å². The first kappa shape index (κ1) is 15.6. The van der Waals surface area contributed by atoms with E-state index in [0.29, 0.717) is 16.0 Å². The highest BCUT2D eigenvalue weighted by atomic mass is 79.9. The van der Waals surface area contributed by atoms with E-state index < -0.39 is 10.0 Å². The van der Waals surface area contributed by atoms with Crippen molar-refractivity contribution in [3.8, 4) is 0 Å². The highest BCUT2D eigenvalue weighted by Crippen LogP contribution is 2.30. The Kier molecular flexibility index (Phi) is 4.59. The molecule has 0 fully saturated rings. The van der Waals surface area contributed by atoms with Gasteiger partial charge < -0.3 is 0 Å². The standard InChI is InChI=1S/C12H9BrCl2N2O2S/c1-7-9(5-6-11(13)16-7)17-20(18,19)10-4-2-3-8(14)12(10)15/h2-6,17H,1H3. The van der Waals surface area contributed by atoms with Crippen LogP contribution in [-0.4, -0.2) is 13.4 Å². The first-order valence-corrected chi connectivity index (χ1v) is 8.44. The van der Waals surface area contributed by atoms with Crippen molar-refractivity contribution < 1.29 is 8.42 Å². The Morgan fingerprint density at radius 3 is 2.55 bits per heavy atom. The number of nitrogens with one attached hydrogen (secondary N) is 1. The molecule has 106 valence electrons. The van der Waals surface area contributed by atoms with E-state index in [4.69, 9.17) is 23.2 Å². The third-order valence-electron chi connectivity index (χ3n) is 2.50. The highest BCUT2D eigenvalue weighted by Gasteiger charge is 2.20. The predicted molar refractivity (Wildman–Crippen MR) is 83.9 cm³/mol. The Hall–Kier alpha value is -0.820. The zero-order valence-electron chi connectivity index (χ0n) is 10.2. The molecule has 8 heteroatoms. The second-order valence-electron chi connectivity index (χ2n) is 3.92. The predicted octanol–water partition coefficient (Wildman–Crippen LogP) is 4.26. The number of nitrogens with zero attached hydrogens (tertiary/aromatic N) is 1. The number of aryl methyl sites for hydroxylation is 1. The van der Waals surface area contributed by atoms with Crippen LogP contribution < -0.4 is 4.72 Å². The summed E-state index contributed by atoms with van der Waals surface area (Å²) in [7, 11) is -3.82. The average molecular weight is 396 g/mol. The normalized spacial score (nSPS) is 11.4. The summed E-state index contributed by atoms with van der Waals surface area (Å²) in [6, 6.07) is 7.69. The smallest absolute Gasteiger partial charge is 0.263 e. The molecular formula is C12H9BrCl2N2O2S. The fraction of sp³-hybridized carbons (Fsp3) is 0.0833. The van der Waals surface area contributed by atoms with Crippen molar-refractivity contribution in [2.75, 3.05) is 4.72 Å². The van der Waals surface area contributed by atoms with Crippen molar-refractivity contribution in [3.63, 3.8) is 0 Å². The minimum Gasteiger partial charge on any atom is -0.278 e. The number of anilines is 1. The van der Waals surface area contributed by atoms with Gasteiger partial charge in [-0.1, -0.05) is 29.3 Å². The molecule has 4 nitrogen and oxygen atoms in total. The third kappa shape index (κ3) is 3.25. The van der Waals surface area contributed by atoms with E-state index in [1.807, 2.05) is 0 Å². The Labute approximate surface area is 135 Å². The summed E-state index contributed by atoms with van der Waals surface area (Å²) in [5.74, 6) is 0. The van der Waals surface area contributed by atoms with Gasteiger partial charge in [0.1, 0.15) is 9.50 Å². The van der Waals surface area contributed by atoms with E-state index in [1.165, 1.54) is 18.2 Å². The Morgan fingerprint density at radius 2 is 1.90 bits per heavy atom. The molecule has 1 aromatic heterocycles. The summed E-state index contributed by atoms with van der Waals surface area (Å²) in [6.45, 7) is 1.70. The molecule has 0 bridgehead atoms. The second kappa shape index (κ2) is 5.89. The van der Waals surface area contributed by atoms with Crippen LogP contribution in [-0.2, 0) is 10.0 Å². The molecule has 0 spiro atoms. The van der Waals surface area contributed by atoms with Crippen molar-refractivity contribution in [2.24, 2.45) is 0 Å². The molecule has 0 radical (unpaired) electrons. The molecule has 0 unspecified atom stereocenters.